The fraction of sp³-hybridized carbons (Fsp3) is 0.412. The van der Waals surface area contributed by atoms with Crippen molar-refractivity contribution in [2.45, 2.75) is 13.5 Å². The Hall–Kier alpha value is -2.18. The van der Waals surface area contributed by atoms with Crippen LogP contribution in [0, 0.1) is 6.92 Å². The summed E-state index contributed by atoms with van der Waals surface area (Å²) in [6.45, 7) is 6.86. The van der Waals surface area contributed by atoms with Crippen molar-refractivity contribution in [1.29, 1.82) is 0 Å². The summed E-state index contributed by atoms with van der Waals surface area (Å²) >= 11 is 0. The van der Waals surface area contributed by atoms with Crippen LogP contribution < -0.4 is 10.6 Å². The maximum atomic E-state index is 11.6. The molecule has 0 bridgehead atoms. The van der Waals surface area contributed by atoms with Crippen LogP contribution in [0.4, 0.5) is 0 Å². The molecule has 1 amide bonds. The summed E-state index contributed by atoms with van der Waals surface area (Å²) in [4.78, 5) is 18.6. The van der Waals surface area contributed by atoms with Crippen LogP contribution in [-0.4, -0.2) is 49.0 Å². The Morgan fingerprint density at radius 1 is 1.30 bits per heavy atom. The van der Waals surface area contributed by atoms with E-state index in [9.17, 15) is 4.79 Å². The molecule has 0 aliphatic carbocycles. The van der Waals surface area contributed by atoms with E-state index < -0.39 is 0 Å². The summed E-state index contributed by atoms with van der Waals surface area (Å²) in [5.41, 5.74) is 2.49. The van der Waals surface area contributed by atoms with Crippen LogP contribution >= 0.6 is 0 Å². The number of aromatic nitrogens is 1. The van der Waals surface area contributed by atoms with Crippen molar-refractivity contribution in [3.05, 3.63) is 41.3 Å². The summed E-state index contributed by atoms with van der Waals surface area (Å²) in [5.74, 6) is 1.37. The molecule has 1 aliphatic heterocycles. The topological polar surface area (TPSA) is 70.4 Å². The van der Waals surface area contributed by atoms with E-state index in [1.54, 1.807) is 19.2 Å². The molecule has 6 nitrogen and oxygen atoms in total. The van der Waals surface area contributed by atoms with Gasteiger partial charge in [-0.05, 0) is 31.2 Å². The summed E-state index contributed by atoms with van der Waals surface area (Å²) in [7, 11) is 1.62. The number of carbonyl (C=O) groups is 1. The number of piperazine rings is 1. The van der Waals surface area contributed by atoms with E-state index in [0.29, 0.717) is 11.5 Å². The normalized spacial score (nSPS) is 15.6. The van der Waals surface area contributed by atoms with Gasteiger partial charge < -0.3 is 15.1 Å². The highest BCUT2D eigenvalue weighted by molar-refractivity contribution is 5.94. The van der Waals surface area contributed by atoms with E-state index in [0.717, 1.165) is 49.7 Å². The predicted molar refractivity (Wildman–Crippen MR) is 88.2 cm³/mol. The number of amides is 1. The van der Waals surface area contributed by atoms with E-state index >= 15 is 0 Å². The molecular weight excluding hydrogens is 292 g/mol. The lowest BCUT2D eigenvalue weighted by Crippen LogP contribution is -2.43. The SMILES string of the molecule is CNC(=O)c1ccc(-c2nc(CN3CCNCC3)c(C)o2)cc1. The first-order valence-electron chi connectivity index (χ1n) is 7.89. The Morgan fingerprint density at radius 2 is 2.00 bits per heavy atom. The van der Waals surface area contributed by atoms with E-state index in [1.165, 1.54) is 0 Å². The third-order valence-corrected chi connectivity index (χ3v) is 4.10. The first-order valence-corrected chi connectivity index (χ1v) is 7.89. The van der Waals surface area contributed by atoms with Gasteiger partial charge in [0.2, 0.25) is 5.89 Å². The molecule has 1 aromatic heterocycles. The van der Waals surface area contributed by atoms with E-state index in [-0.39, 0.29) is 5.91 Å². The van der Waals surface area contributed by atoms with Crippen molar-refractivity contribution in [2.24, 2.45) is 0 Å². The highest BCUT2D eigenvalue weighted by atomic mass is 16.4. The van der Waals surface area contributed by atoms with Crippen LogP contribution in [0.3, 0.4) is 0 Å². The first kappa shape index (κ1) is 15.7. The molecule has 1 saturated heterocycles. The second kappa shape index (κ2) is 6.93. The molecule has 1 aliphatic rings. The lowest BCUT2D eigenvalue weighted by Gasteiger charge is -2.26. The molecule has 0 saturated carbocycles. The number of carbonyl (C=O) groups excluding carboxylic acids is 1. The minimum Gasteiger partial charge on any atom is -0.441 e. The summed E-state index contributed by atoms with van der Waals surface area (Å²) in [5, 5.41) is 5.96. The first-order chi connectivity index (χ1) is 11.2. The highest BCUT2D eigenvalue weighted by Crippen LogP contribution is 2.23. The number of hydrogen-bond donors (Lipinski definition) is 2. The molecule has 2 aromatic rings. The van der Waals surface area contributed by atoms with Gasteiger partial charge in [0.1, 0.15) is 5.76 Å². The predicted octanol–water partition coefficient (Wildman–Crippen LogP) is 1.41. The van der Waals surface area contributed by atoms with Crippen LogP contribution in [-0.2, 0) is 6.54 Å². The van der Waals surface area contributed by atoms with Gasteiger partial charge in [0, 0.05) is 50.9 Å². The van der Waals surface area contributed by atoms with Gasteiger partial charge in [0.05, 0.1) is 5.69 Å². The summed E-state index contributed by atoms with van der Waals surface area (Å²) in [6, 6.07) is 7.29. The number of rotatable bonds is 4. The molecule has 3 rings (SSSR count). The smallest absolute Gasteiger partial charge is 0.251 e. The van der Waals surface area contributed by atoms with Crippen LogP contribution in [0.25, 0.3) is 11.5 Å². The van der Waals surface area contributed by atoms with Crippen molar-refractivity contribution in [2.75, 3.05) is 33.2 Å². The van der Waals surface area contributed by atoms with Gasteiger partial charge in [-0.3, -0.25) is 9.69 Å². The van der Waals surface area contributed by atoms with Gasteiger partial charge in [0.15, 0.2) is 0 Å². The molecule has 122 valence electrons. The molecule has 2 N–H and O–H groups in total. The molecule has 1 fully saturated rings. The van der Waals surface area contributed by atoms with Crippen molar-refractivity contribution >= 4 is 5.91 Å². The largest absolute Gasteiger partial charge is 0.441 e. The fourth-order valence-electron chi connectivity index (χ4n) is 2.69. The van der Waals surface area contributed by atoms with Crippen LogP contribution in [0.1, 0.15) is 21.8 Å². The molecule has 0 atom stereocenters. The highest BCUT2D eigenvalue weighted by Gasteiger charge is 2.16. The zero-order valence-electron chi connectivity index (χ0n) is 13.6. The van der Waals surface area contributed by atoms with Crippen molar-refractivity contribution in [3.8, 4) is 11.5 Å². The quantitative estimate of drug-likeness (QED) is 0.893. The Bertz CT molecular complexity index is 672. The van der Waals surface area contributed by atoms with Gasteiger partial charge >= 0.3 is 0 Å². The number of hydrogen-bond acceptors (Lipinski definition) is 5. The van der Waals surface area contributed by atoms with E-state index in [4.69, 9.17) is 4.42 Å². The molecule has 0 spiro atoms. The molecule has 23 heavy (non-hydrogen) atoms. The number of nitrogens with one attached hydrogen (secondary N) is 2. The monoisotopic (exact) mass is 314 g/mol. The van der Waals surface area contributed by atoms with Gasteiger partial charge in [0.25, 0.3) is 5.91 Å². The maximum absolute atomic E-state index is 11.6. The Morgan fingerprint density at radius 3 is 2.65 bits per heavy atom. The lowest BCUT2D eigenvalue weighted by atomic mass is 10.1. The minimum atomic E-state index is -0.0977. The standard InChI is InChI=1S/C17H22N4O2/c1-12-15(11-21-9-7-19-8-10-21)20-17(23-12)14-5-3-13(4-6-14)16(22)18-2/h3-6,19H,7-11H2,1-2H3,(H,18,22). The van der Waals surface area contributed by atoms with Crippen LogP contribution in [0.15, 0.2) is 28.7 Å². The van der Waals surface area contributed by atoms with Crippen molar-refractivity contribution in [1.82, 2.24) is 20.5 Å². The summed E-state index contributed by atoms with van der Waals surface area (Å²) in [6.07, 6.45) is 0. The molecule has 2 heterocycles. The average Bonchev–Trinajstić information content (AvgIpc) is 2.96. The van der Waals surface area contributed by atoms with Gasteiger partial charge in [-0.15, -0.1) is 0 Å². The van der Waals surface area contributed by atoms with Gasteiger partial charge in [-0.25, -0.2) is 4.98 Å². The molecule has 0 unspecified atom stereocenters. The van der Waals surface area contributed by atoms with Crippen molar-refractivity contribution in [3.63, 3.8) is 0 Å². The second-order valence-corrected chi connectivity index (χ2v) is 5.70. The number of benzene rings is 1. The molecular formula is C17H22N4O2. The second-order valence-electron chi connectivity index (χ2n) is 5.70. The molecule has 0 radical (unpaired) electrons. The Balaban J connectivity index is 1.75. The minimum absolute atomic E-state index is 0.0977. The van der Waals surface area contributed by atoms with Gasteiger partial charge in [-0.2, -0.15) is 0 Å². The number of nitrogens with zero attached hydrogens (tertiary/aromatic N) is 2. The van der Waals surface area contributed by atoms with Crippen molar-refractivity contribution < 1.29 is 9.21 Å². The zero-order valence-corrected chi connectivity index (χ0v) is 13.6. The third-order valence-electron chi connectivity index (χ3n) is 4.10. The Kier molecular flexibility index (Phi) is 4.73. The average molecular weight is 314 g/mol. The van der Waals surface area contributed by atoms with Gasteiger partial charge in [-0.1, -0.05) is 0 Å². The third kappa shape index (κ3) is 3.60. The van der Waals surface area contributed by atoms with E-state index in [2.05, 4.69) is 20.5 Å². The van der Waals surface area contributed by atoms with Crippen LogP contribution in [0.2, 0.25) is 0 Å². The number of oxazole rings is 1. The fourth-order valence-corrected chi connectivity index (χ4v) is 2.69. The zero-order chi connectivity index (χ0) is 16.2. The summed E-state index contributed by atoms with van der Waals surface area (Å²) < 4.78 is 5.81. The Labute approximate surface area is 135 Å². The number of aryl methyl sites for hydroxylation is 1. The van der Waals surface area contributed by atoms with Crippen LogP contribution in [0.5, 0.6) is 0 Å². The molecule has 1 aromatic carbocycles. The maximum Gasteiger partial charge on any atom is 0.251 e. The lowest BCUT2D eigenvalue weighted by molar-refractivity contribution is 0.0963. The molecule has 6 heteroatoms. The van der Waals surface area contributed by atoms with E-state index in [1.807, 2.05) is 19.1 Å².